The summed E-state index contributed by atoms with van der Waals surface area (Å²) in [5.74, 6) is 0.808. The van der Waals surface area contributed by atoms with E-state index in [1.54, 1.807) is 10.6 Å². The predicted octanol–water partition coefficient (Wildman–Crippen LogP) is 2.39. The van der Waals surface area contributed by atoms with Crippen LogP contribution >= 0.6 is 0 Å². The van der Waals surface area contributed by atoms with Crippen molar-refractivity contribution >= 4 is 0 Å². The van der Waals surface area contributed by atoms with Gasteiger partial charge in [-0.25, -0.2) is 0 Å². The van der Waals surface area contributed by atoms with Gasteiger partial charge in [-0.15, -0.1) is 0 Å². The van der Waals surface area contributed by atoms with Crippen molar-refractivity contribution in [3.05, 3.63) is 52.3 Å². The number of rotatable bonds is 5. The van der Waals surface area contributed by atoms with Gasteiger partial charge in [-0.3, -0.25) is 4.79 Å². The summed E-state index contributed by atoms with van der Waals surface area (Å²) in [6.45, 7) is 5.40. The lowest BCUT2D eigenvalue weighted by Gasteiger charge is -2.13. The van der Waals surface area contributed by atoms with Crippen LogP contribution in [0.3, 0.4) is 0 Å². The van der Waals surface area contributed by atoms with E-state index in [4.69, 9.17) is 10.5 Å². The number of aromatic nitrogens is 1. The maximum absolute atomic E-state index is 12.3. The minimum Gasteiger partial charge on any atom is -0.494 e. The lowest BCUT2D eigenvalue weighted by molar-refractivity contribution is 0.340. The molecule has 1 heterocycles. The second kappa shape index (κ2) is 6.39. The zero-order valence-electron chi connectivity index (χ0n) is 11.9. The second-order valence-electron chi connectivity index (χ2n) is 4.46. The summed E-state index contributed by atoms with van der Waals surface area (Å²) >= 11 is 0. The van der Waals surface area contributed by atoms with E-state index in [-0.39, 0.29) is 12.1 Å². The summed E-state index contributed by atoms with van der Waals surface area (Å²) in [6, 6.07) is 11.5. The number of hydrogen-bond donors (Lipinski definition) is 1. The highest BCUT2D eigenvalue weighted by Gasteiger charge is 2.09. The Morgan fingerprint density at radius 1 is 1.20 bits per heavy atom. The standard InChI is InChI=1S/C16H20N2O2/c1-3-18-15(9-8-13(11-17)16(18)19)12-6-5-7-14(10-12)20-4-2/h5-10H,3-4,11,17H2,1-2H3. The molecule has 0 saturated carbocycles. The second-order valence-corrected chi connectivity index (χ2v) is 4.46. The quantitative estimate of drug-likeness (QED) is 0.909. The number of ether oxygens (including phenoxy) is 1. The van der Waals surface area contributed by atoms with Crippen molar-refractivity contribution in [3.63, 3.8) is 0 Å². The summed E-state index contributed by atoms with van der Waals surface area (Å²) in [5.41, 5.74) is 8.07. The molecule has 0 spiro atoms. The largest absolute Gasteiger partial charge is 0.494 e. The van der Waals surface area contributed by atoms with Gasteiger partial charge in [0.15, 0.2) is 0 Å². The SMILES string of the molecule is CCOc1cccc(-c2ccc(CN)c(=O)n2CC)c1. The summed E-state index contributed by atoms with van der Waals surface area (Å²) in [4.78, 5) is 12.3. The molecule has 0 unspecified atom stereocenters. The summed E-state index contributed by atoms with van der Waals surface area (Å²) in [7, 11) is 0. The van der Waals surface area contributed by atoms with Crippen LogP contribution in [0, 0.1) is 0 Å². The van der Waals surface area contributed by atoms with Crippen LogP contribution in [0.15, 0.2) is 41.2 Å². The zero-order chi connectivity index (χ0) is 14.5. The van der Waals surface area contributed by atoms with Crippen LogP contribution < -0.4 is 16.0 Å². The molecule has 0 saturated heterocycles. The van der Waals surface area contributed by atoms with E-state index in [9.17, 15) is 4.79 Å². The van der Waals surface area contributed by atoms with Gasteiger partial charge in [0.25, 0.3) is 5.56 Å². The summed E-state index contributed by atoms with van der Waals surface area (Å²) in [5, 5.41) is 0. The smallest absolute Gasteiger partial charge is 0.255 e. The maximum atomic E-state index is 12.3. The van der Waals surface area contributed by atoms with E-state index in [0.29, 0.717) is 18.7 Å². The molecule has 4 heteroatoms. The molecule has 1 aromatic heterocycles. The van der Waals surface area contributed by atoms with Crippen molar-refractivity contribution in [3.8, 4) is 17.0 Å². The van der Waals surface area contributed by atoms with Crippen LogP contribution in [0.1, 0.15) is 19.4 Å². The van der Waals surface area contributed by atoms with E-state index in [1.807, 2.05) is 44.2 Å². The highest BCUT2D eigenvalue weighted by molar-refractivity contribution is 5.62. The monoisotopic (exact) mass is 272 g/mol. The van der Waals surface area contributed by atoms with Crippen LogP contribution in [0.2, 0.25) is 0 Å². The van der Waals surface area contributed by atoms with Gasteiger partial charge in [0.1, 0.15) is 5.75 Å². The molecule has 4 nitrogen and oxygen atoms in total. The van der Waals surface area contributed by atoms with Crippen molar-refractivity contribution in [1.82, 2.24) is 4.57 Å². The lowest BCUT2D eigenvalue weighted by Crippen LogP contribution is -2.25. The van der Waals surface area contributed by atoms with Gasteiger partial charge in [-0.05, 0) is 32.0 Å². The molecule has 0 aliphatic carbocycles. The van der Waals surface area contributed by atoms with Gasteiger partial charge in [0.2, 0.25) is 0 Å². The van der Waals surface area contributed by atoms with Crippen molar-refractivity contribution in [2.75, 3.05) is 6.61 Å². The Balaban J connectivity index is 2.55. The zero-order valence-corrected chi connectivity index (χ0v) is 11.9. The first-order chi connectivity index (χ1) is 9.71. The maximum Gasteiger partial charge on any atom is 0.255 e. The van der Waals surface area contributed by atoms with Gasteiger partial charge in [0, 0.05) is 24.2 Å². The number of benzene rings is 1. The summed E-state index contributed by atoms with van der Waals surface area (Å²) in [6.07, 6.45) is 0. The van der Waals surface area contributed by atoms with Crippen molar-refractivity contribution in [2.45, 2.75) is 26.9 Å². The molecule has 1 aromatic carbocycles. The van der Waals surface area contributed by atoms with Gasteiger partial charge in [-0.1, -0.05) is 18.2 Å². The lowest BCUT2D eigenvalue weighted by atomic mass is 10.1. The van der Waals surface area contributed by atoms with E-state index in [2.05, 4.69) is 0 Å². The van der Waals surface area contributed by atoms with Gasteiger partial charge in [0.05, 0.1) is 12.3 Å². The number of nitrogens with zero attached hydrogens (tertiary/aromatic N) is 1. The molecule has 0 radical (unpaired) electrons. The highest BCUT2D eigenvalue weighted by atomic mass is 16.5. The molecular weight excluding hydrogens is 252 g/mol. The molecule has 0 aliphatic heterocycles. The van der Waals surface area contributed by atoms with Crippen LogP contribution in [-0.2, 0) is 13.1 Å². The Kier molecular flexibility index (Phi) is 4.58. The van der Waals surface area contributed by atoms with Crippen molar-refractivity contribution in [2.24, 2.45) is 5.73 Å². The topological polar surface area (TPSA) is 57.2 Å². The van der Waals surface area contributed by atoms with Crippen LogP contribution in [-0.4, -0.2) is 11.2 Å². The number of nitrogens with two attached hydrogens (primary N) is 1. The average molecular weight is 272 g/mol. The first-order valence-corrected chi connectivity index (χ1v) is 6.87. The molecule has 0 aliphatic rings. The Morgan fingerprint density at radius 2 is 2.00 bits per heavy atom. The van der Waals surface area contributed by atoms with Gasteiger partial charge >= 0.3 is 0 Å². The van der Waals surface area contributed by atoms with Crippen LogP contribution in [0.25, 0.3) is 11.3 Å². The number of pyridine rings is 1. The third-order valence-electron chi connectivity index (χ3n) is 3.23. The molecule has 2 rings (SSSR count). The Hall–Kier alpha value is -2.07. The van der Waals surface area contributed by atoms with Gasteiger partial charge < -0.3 is 15.0 Å². The molecular formula is C16H20N2O2. The Morgan fingerprint density at radius 3 is 2.65 bits per heavy atom. The molecule has 2 N–H and O–H groups in total. The number of hydrogen-bond acceptors (Lipinski definition) is 3. The normalized spacial score (nSPS) is 10.6. The van der Waals surface area contributed by atoms with Crippen molar-refractivity contribution < 1.29 is 4.74 Å². The molecule has 106 valence electrons. The van der Waals surface area contributed by atoms with Crippen LogP contribution in [0.5, 0.6) is 5.75 Å². The fraction of sp³-hybridized carbons (Fsp3) is 0.312. The van der Waals surface area contributed by atoms with E-state index in [0.717, 1.165) is 17.0 Å². The molecule has 2 aromatic rings. The highest BCUT2D eigenvalue weighted by Crippen LogP contribution is 2.23. The summed E-state index contributed by atoms with van der Waals surface area (Å²) < 4.78 is 7.25. The van der Waals surface area contributed by atoms with Crippen molar-refractivity contribution in [1.29, 1.82) is 0 Å². The first-order valence-electron chi connectivity index (χ1n) is 6.87. The molecule has 0 atom stereocenters. The predicted molar refractivity (Wildman–Crippen MR) is 80.9 cm³/mol. The molecule has 0 amide bonds. The molecule has 0 fully saturated rings. The van der Waals surface area contributed by atoms with E-state index >= 15 is 0 Å². The average Bonchev–Trinajstić information content (AvgIpc) is 2.47. The van der Waals surface area contributed by atoms with E-state index < -0.39 is 0 Å². The Labute approximate surface area is 118 Å². The van der Waals surface area contributed by atoms with Crippen LogP contribution in [0.4, 0.5) is 0 Å². The molecule has 20 heavy (non-hydrogen) atoms. The fourth-order valence-electron chi connectivity index (χ4n) is 2.26. The van der Waals surface area contributed by atoms with E-state index in [1.165, 1.54) is 0 Å². The minimum atomic E-state index is -0.0192. The Bertz CT molecular complexity index is 647. The minimum absolute atomic E-state index is 0.0192. The first kappa shape index (κ1) is 14.3. The fourth-order valence-corrected chi connectivity index (χ4v) is 2.26. The third kappa shape index (κ3) is 2.75. The third-order valence-corrected chi connectivity index (χ3v) is 3.23. The van der Waals surface area contributed by atoms with Gasteiger partial charge in [-0.2, -0.15) is 0 Å². The molecule has 0 bridgehead atoms.